The molecule has 1 radical (unpaired) electrons. The van der Waals surface area contributed by atoms with Gasteiger partial charge in [-0.2, -0.15) is 6.61 Å². The third-order valence-corrected chi connectivity index (χ3v) is 1.09. The van der Waals surface area contributed by atoms with Crippen molar-refractivity contribution in [1.29, 1.82) is 0 Å². The standard InChI is InChI=1S/C5H10NO.Y/c1-6-2-4-7-5-3-6;/h4H,2-3,5H2,1H3;/q-1;. The van der Waals surface area contributed by atoms with E-state index in [2.05, 4.69) is 11.9 Å². The van der Waals surface area contributed by atoms with E-state index < -0.39 is 0 Å². The van der Waals surface area contributed by atoms with Gasteiger partial charge in [0.1, 0.15) is 0 Å². The second-order valence-electron chi connectivity index (χ2n) is 1.80. The second-order valence-corrected chi connectivity index (χ2v) is 1.80. The fourth-order valence-electron chi connectivity index (χ4n) is 0.563. The Morgan fingerprint density at radius 1 is 1.62 bits per heavy atom. The predicted molar refractivity (Wildman–Crippen MR) is 27.7 cm³/mol. The van der Waals surface area contributed by atoms with E-state index in [0.717, 1.165) is 19.7 Å². The minimum absolute atomic E-state index is 0. The molecule has 1 heterocycles. The van der Waals surface area contributed by atoms with E-state index in [1.165, 1.54) is 0 Å². The van der Waals surface area contributed by atoms with E-state index in [1.807, 2.05) is 6.61 Å². The molecule has 2 nitrogen and oxygen atoms in total. The molecule has 0 saturated carbocycles. The van der Waals surface area contributed by atoms with Gasteiger partial charge in [0.15, 0.2) is 0 Å². The SMILES string of the molecule is CN1C[CH-]OCC1.[Y]. The fourth-order valence-corrected chi connectivity index (χ4v) is 0.563. The third kappa shape index (κ3) is 3.13. The predicted octanol–water partition coefficient (Wildman–Crippen LogP) is 0.108. The Bertz CT molecular complexity index is 54.4. The van der Waals surface area contributed by atoms with Crippen molar-refractivity contribution in [2.75, 3.05) is 26.7 Å². The Kier molecular flexibility index (Phi) is 5.48. The minimum Gasteiger partial charge on any atom is -0.550 e. The number of morpholine rings is 1. The van der Waals surface area contributed by atoms with Gasteiger partial charge >= 0.3 is 0 Å². The number of likely N-dealkylation sites (N-methyl/N-ethyl adjacent to an activating group) is 1. The summed E-state index contributed by atoms with van der Waals surface area (Å²) in [4.78, 5) is 2.21. The summed E-state index contributed by atoms with van der Waals surface area (Å²) in [5.74, 6) is 0. The molecule has 0 aliphatic carbocycles. The molecular weight excluding hydrogens is 179 g/mol. The van der Waals surface area contributed by atoms with Crippen LogP contribution in [0.2, 0.25) is 0 Å². The van der Waals surface area contributed by atoms with Crippen LogP contribution in [0.15, 0.2) is 0 Å². The molecule has 0 N–H and O–H groups in total. The Morgan fingerprint density at radius 3 is 2.62 bits per heavy atom. The summed E-state index contributed by atoms with van der Waals surface area (Å²) in [7, 11) is 2.08. The van der Waals surface area contributed by atoms with Crippen LogP contribution < -0.4 is 0 Å². The molecule has 1 aliphatic rings. The summed E-state index contributed by atoms with van der Waals surface area (Å²) >= 11 is 0. The first-order valence-corrected chi connectivity index (χ1v) is 2.51. The van der Waals surface area contributed by atoms with Crippen LogP contribution >= 0.6 is 0 Å². The topological polar surface area (TPSA) is 12.5 Å². The summed E-state index contributed by atoms with van der Waals surface area (Å²) in [6, 6.07) is 0. The van der Waals surface area contributed by atoms with Crippen LogP contribution in [-0.2, 0) is 37.4 Å². The molecule has 1 saturated heterocycles. The van der Waals surface area contributed by atoms with Gasteiger partial charge in [0, 0.05) is 45.9 Å². The van der Waals surface area contributed by atoms with E-state index in [9.17, 15) is 0 Å². The molecule has 1 fully saturated rings. The molecule has 0 aromatic carbocycles. The Balaban J connectivity index is 0.000000490. The van der Waals surface area contributed by atoms with Crippen LogP contribution in [-0.4, -0.2) is 31.6 Å². The van der Waals surface area contributed by atoms with Gasteiger partial charge in [-0.3, -0.25) is 0 Å². The Hall–Kier alpha value is 1.02. The molecule has 0 spiro atoms. The Labute approximate surface area is 75.5 Å². The van der Waals surface area contributed by atoms with Gasteiger partial charge in [-0.25, -0.2) is 0 Å². The van der Waals surface area contributed by atoms with Crippen molar-refractivity contribution in [3.63, 3.8) is 0 Å². The zero-order chi connectivity index (χ0) is 5.11. The Morgan fingerprint density at radius 2 is 2.38 bits per heavy atom. The normalized spacial score (nSPS) is 22.1. The maximum absolute atomic E-state index is 4.97. The van der Waals surface area contributed by atoms with Gasteiger partial charge in [-0.15, -0.1) is 6.54 Å². The van der Waals surface area contributed by atoms with E-state index in [-0.39, 0.29) is 32.7 Å². The number of hydrogen-bond acceptors (Lipinski definition) is 2. The number of ether oxygens (including phenoxy) is 1. The smallest absolute Gasteiger partial charge is 0.0243 e. The van der Waals surface area contributed by atoms with Crippen molar-refractivity contribution in [2.45, 2.75) is 0 Å². The fraction of sp³-hybridized carbons (Fsp3) is 0.800. The van der Waals surface area contributed by atoms with Gasteiger partial charge < -0.3 is 9.64 Å². The van der Waals surface area contributed by atoms with E-state index >= 15 is 0 Å². The monoisotopic (exact) mass is 189 g/mol. The van der Waals surface area contributed by atoms with Crippen molar-refractivity contribution in [3.8, 4) is 0 Å². The summed E-state index contributed by atoms with van der Waals surface area (Å²) in [6.07, 6.45) is 0. The van der Waals surface area contributed by atoms with Gasteiger partial charge in [-0.05, 0) is 7.05 Å². The summed E-state index contributed by atoms with van der Waals surface area (Å²) < 4.78 is 4.97. The average Bonchev–Trinajstić information content (AvgIpc) is 1.69. The van der Waals surface area contributed by atoms with Crippen LogP contribution in [0.4, 0.5) is 0 Å². The summed E-state index contributed by atoms with van der Waals surface area (Å²) in [5, 5.41) is 0. The molecule has 0 bridgehead atoms. The van der Waals surface area contributed by atoms with Crippen LogP contribution in [0.5, 0.6) is 0 Å². The largest absolute Gasteiger partial charge is 0.550 e. The number of rotatable bonds is 0. The van der Waals surface area contributed by atoms with E-state index in [1.54, 1.807) is 0 Å². The summed E-state index contributed by atoms with van der Waals surface area (Å²) in [5.41, 5.74) is 0. The molecule has 0 atom stereocenters. The van der Waals surface area contributed by atoms with E-state index in [4.69, 9.17) is 4.74 Å². The van der Waals surface area contributed by atoms with Gasteiger partial charge in [0.2, 0.25) is 0 Å². The first-order valence-electron chi connectivity index (χ1n) is 2.51. The van der Waals surface area contributed by atoms with E-state index in [0.29, 0.717) is 0 Å². The molecular formula is C5H10NOY-. The van der Waals surface area contributed by atoms with Crippen molar-refractivity contribution in [3.05, 3.63) is 6.61 Å². The van der Waals surface area contributed by atoms with Crippen LogP contribution in [0.3, 0.4) is 0 Å². The maximum atomic E-state index is 4.97. The zero-order valence-corrected chi connectivity index (χ0v) is 7.97. The molecule has 45 valence electrons. The van der Waals surface area contributed by atoms with Crippen LogP contribution in [0, 0.1) is 6.61 Å². The van der Waals surface area contributed by atoms with Crippen molar-refractivity contribution in [2.24, 2.45) is 0 Å². The molecule has 1 aliphatic heterocycles. The van der Waals surface area contributed by atoms with Gasteiger partial charge in [0.05, 0.1) is 0 Å². The first-order chi connectivity index (χ1) is 3.39. The third-order valence-electron chi connectivity index (χ3n) is 1.09. The average molecular weight is 189 g/mol. The maximum Gasteiger partial charge on any atom is 0.0243 e. The second kappa shape index (κ2) is 4.86. The summed E-state index contributed by atoms with van der Waals surface area (Å²) in [6.45, 7) is 4.73. The van der Waals surface area contributed by atoms with Crippen molar-refractivity contribution in [1.82, 2.24) is 4.90 Å². The van der Waals surface area contributed by atoms with Crippen molar-refractivity contribution < 1.29 is 37.4 Å². The molecule has 8 heavy (non-hydrogen) atoms. The zero-order valence-electron chi connectivity index (χ0n) is 5.13. The molecule has 1 rings (SSSR count). The molecule has 3 heteroatoms. The quantitative estimate of drug-likeness (QED) is 0.501. The molecule has 0 aromatic heterocycles. The van der Waals surface area contributed by atoms with Gasteiger partial charge in [-0.1, -0.05) is 0 Å². The molecule has 0 amide bonds. The number of nitrogens with zero attached hydrogens (tertiary/aromatic N) is 1. The number of hydrogen-bond donors (Lipinski definition) is 0. The van der Waals surface area contributed by atoms with Crippen LogP contribution in [0.25, 0.3) is 0 Å². The minimum atomic E-state index is 0. The van der Waals surface area contributed by atoms with Crippen LogP contribution in [0.1, 0.15) is 0 Å². The van der Waals surface area contributed by atoms with Gasteiger partial charge in [0.25, 0.3) is 0 Å². The molecule has 0 unspecified atom stereocenters. The first kappa shape index (κ1) is 9.02. The van der Waals surface area contributed by atoms with Crippen molar-refractivity contribution >= 4 is 0 Å². The molecule has 0 aromatic rings.